The number of rotatable bonds is 4. The lowest BCUT2D eigenvalue weighted by molar-refractivity contribution is -0.137. The minimum Gasteiger partial charge on any atom is -0.458 e. The van der Waals surface area contributed by atoms with Crippen LogP contribution >= 0.6 is 11.6 Å². The van der Waals surface area contributed by atoms with Gasteiger partial charge in [0, 0.05) is 31.3 Å². The molecule has 2 bridgehead atoms. The van der Waals surface area contributed by atoms with E-state index in [2.05, 4.69) is 25.2 Å². The number of nitrogens with zero attached hydrogens (tertiary/aromatic N) is 5. The molecule has 3 aromatic rings. The van der Waals surface area contributed by atoms with E-state index in [9.17, 15) is 18.0 Å². The number of benzene rings is 1. The first-order valence-electron chi connectivity index (χ1n) is 12.1. The number of urea groups is 1. The van der Waals surface area contributed by atoms with Crippen LogP contribution in [0.5, 0.6) is 6.01 Å². The highest BCUT2D eigenvalue weighted by molar-refractivity contribution is 6.33. The molecule has 0 aliphatic carbocycles. The summed E-state index contributed by atoms with van der Waals surface area (Å²) < 4.78 is 51.1. The van der Waals surface area contributed by atoms with E-state index in [0.717, 1.165) is 18.6 Å². The molecule has 9 nitrogen and oxygen atoms in total. The molecule has 1 aromatic carbocycles. The molecule has 198 valence electrons. The van der Waals surface area contributed by atoms with Gasteiger partial charge in [0.25, 0.3) is 0 Å². The first kappa shape index (κ1) is 24.7. The molecular weight excluding hydrogens is 525 g/mol. The van der Waals surface area contributed by atoms with Gasteiger partial charge in [0.1, 0.15) is 11.9 Å². The highest BCUT2D eigenvalue weighted by Crippen LogP contribution is 2.43. The Hall–Kier alpha value is -3.64. The maximum atomic E-state index is 13.5. The number of hydrogen-bond donors (Lipinski definition) is 1. The zero-order chi connectivity index (χ0) is 26.4. The van der Waals surface area contributed by atoms with E-state index in [1.807, 2.05) is 0 Å². The van der Waals surface area contributed by atoms with Crippen LogP contribution in [0.2, 0.25) is 5.02 Å². The quantitative estimate of drug-likeness (QED) is 0.492. The zero-order valence-electron chi connectivity index (χ0n) is 19.9. The van der Waals surface area contributed by atoms with Crippen molar-refractivity contribution in [3.63, 3.8) is 0 Å². The Balaban J connectivity index is 1.32. The standard InChI is InChI=1S/C25H22ClF3N6O3/c26-18-11-19-22(33-21(18)14-2-1-3-15(10-14)25(27,28)29)35(16-5-8-34(19)12-16)24(36)32-20-4-7-30-23(31-20)38-17-6-9-37-13-17/h1-4,7,10-11,16-17H,5-6,8-9,12-13H2,(H,30,31,32,36)/t16-,17-/m0/s1. The Morgan fingerprint density at radius 1 is 1.18 bits per heavy atom. The van der Waals surface area contributed by atoms with Gasteiger partial charge in [0.15, 0.2) is 5.82 Å². The molecule has 38 heavy (non-hydrogen) atoms. The van der Waals surface area contributed by atoms with Crippen molar-refractivity contribution in [2.75, 3.05) is 41.4 Å². The number of ether oxygens (including phenoxy) is 2. The lowest BCUT2D eigenvalue weighted by Crippen LogP contribution is -2.48. The first-order valence-corrected chi connectivity index (χ1v) is 12.4. The van der Waals surface area contributed by atoms with E-state index in [1.54, 1.807) is 12.1 Å². The summed E-state index contributed by atoms with van der Waals surface area (Å²) in [5.41, 5.74) is 0.195. The van der Waals surface area contributed by atoms with Crippen molar-refractivity contribution >= 4 is 35.0 Å². The van der Waals surface area contributed by atoms with Crippen molar-refractivity contribution in [2.45, 2.75) is 31.2 Å². The van der Waals surface area contributed by atoms with Crippen LogP contribution in [0.15, 0.2) is 42.6 Å². The molecular formula is C25H22ClF3N6O3. The van der Waals surface area contributed by atoms with Gasteiger partial charge in [0.2, 0.25) is 0 Å². The van der Waals surface area contributed by atoms with Crippen LogP contribution in [0.3, 0.4) is 0 Å². The molecule has 1 N–H and O–H groups in total. The summed E-state index contributed by atoms with van der Waals surface area (Å²) in [6.45, 7) is 2.33. The maximum Gasteiger partial charge on any atom is 0.416 e. The molecule has 3 aliphatic heterocycles. The third kappa shape index (κ3) is 4.69. The normalized spacial score (nSPS) is 20.4. The van der Waals surface area contributed by atoms with Crippen LogP contribution in [0.4, 0.5) is 35.3 Å². The van der Waals surface area contributed by atoms with E-state index in [0.29, 0.717) is 44.2 Å². The maximum absolute atomic E-state index is 13.5. The van der Waals surface area contributed by atoms with Crippen molar-refractivity contribution in [3.8, 4) is 17.3 Å². The van der Waals surface area contributed by atoms with Gasteiger partial charge in [-0.05, 0) is 30.7 Å². The second kappa shape index (κ2) is 9.59. The van der Waals surface area contributed by atoms with Crippen molar-refractivity contribution in [1.29, 1.82) is 0 Å². The molecule has 5 heterocycles. The number of pyridine rings is 1. The Morgan fingerprint density at radius 3 is 2.84 bits per heavy atom. The van der Waals surface area contributed by atoms with Gasteiger partial charge >= 0.3 is 18.2 Å². The molecule has 2 saturated heterocycles. The number of aromatic nitrogens is 3. The summed E-state index contributed by atoms with van der Waals surface area (Å²) in [5, 5.41) is 2.98. The number of hydrogen-bond acceptors (Lipinski definition) is 7. The minimum atomic E-state index is -4.52. The van der Waals surface area contributed by atoms with E-state index in [-0.39, 0.29) is 40.3 Å². The molecule has 13 heteroatoms. The van der Waals surface area contributed by atoms with Crippen molar-refractivity contribution in [1.82, 2.24) is 15.0 Å². The van der Waals surface area contributed by atoms with Gasteiger partial charge in [-0.3, -0.25) is 10.2 Å². The first-order chi connectivity index (χ1) is 18.3. The molecule has 2 fully saturated rings. The van der Waals surface area contributed by atoms with Crippen LogP contribution in [-0.4, -0.2) is 59.4 Å². The summed E-state index contributed by atoms with van der Waals surface area (Å²) in [6, 6.07) is 7.47. The molecule has 2 atom stereocenters. The number of fused-ring (bicyclic) bond motifs is 4. The van der Waals surface area contributed by atoms with E-state index in [1.165, 1.54) is 23.2 Å². The van der Waals surface area contributed by atoms with Crippen LogP contribution in [0, 0.1) is 0 Å². The summed E-state index contributed by atoms with van der Waals surface area (Å²) in [5.74, 6) is 0.564. The summed E-state index contributed by atoms with van der Waals surface area (Å²) in [6.07, 6.45) is -1.76. The van der Waals surface area contributed by atoms with Gasteiger partial charge < -0.3 is 14.4 Å². The third-order valence-corrected chi connectivity index (χ3v) is 7.03. The largest absolute Gasteiger partial charge is 0.458 e. The number of carbonyl (C=O) groups is 1. The van der Waals surface area contributed by atoms with Crippen LogP contribution in [0.25, 0.3) is 11.3 Å². The Labute approximate surface area is 220 Å². The smallest absolute Gasteiger partial charge is 0.416 e. The molecule has 0 spiro atoms. The van der Waals surface area contributed by atoms with Gasteiger partial charge in [-0.15, -0.1) is 0 Å². The van der Waals surface area contributed by atoms with Crippen LogP contribution in [0.1, 0.15) is 18.4 Å². The Kier molecular flexibility index (Phi) is 6.23. The minimum absolute atomic E-state index is 0.126. The number of nitrogens with one attached hydrogen (secondary N) is 1. The summed E-state index contributed by atoms with van der Waals surface area (Å²) >= 11 is 6.51. The predicted molar refractivity (Wildman–Crippen MR) is 134 cm³/mol. The number of anilines is 3. The molecule has 0 radical (unpaired) electrons. The SMILES string of the molecule is O=C(Nc1ccnc(O[C@H]2CCOC2)n1)N1c2nc(-c3cccc(C(F)(F)F)c3)c(Cl)cc2N2CC[C@H]1C2. The predicted octanol–water partition coefficient (Wildman–Crippen LogP) is 5.01. The van der Waals surface area contributed by atoms with Crippen molar-refractivity contribution in [3.05, 3.63) is 53.2 Å². The fraction of sp³-hybridized carbons (Fsp3) is 0.360. The van der Waals surface area contributed by atoms with Crippen LogP contribution < -0.4 is 19.9 Å². The fourth-order valence-electron chi connectivity index (χ4n) is 4.92. The molecule has 0 unspecified atom stereocenters. The average molecular weight is 547 g/mol. The van der Waals surface area contributed by atoms with Crippen molar-refractivity contribution in [2.24, 2.45) is 0 Å². The molecule has 2 aromatic heterocycles. The van der Waals surface area contributed by atoms with Gasteiger partial charge in [-0.25, -0.2) is 14.8 Å². The van der Waals surface area contributed by atoms with E-state index < -0.39 is 17.8 Å². The second-order valence-corrected chi connectivity index (χ2v) is 9.66. The lowest BCUT2D eigenvalue weighted by atomic mass is 10.1. The van der Waals surface area contributed by atoms with Gasteiger partial charge in [0.05, 0.1) is 41.2 Å². The zero-order valence-corrected chi connectivity index (χ0v) is 20.7. The van der Waals surface area contributed by atoms with E-state index in [4.69, 9.17) is 21.1 Å². The second-order valence-electron chi connectivity index (χ2n) is 9.26. The monoisotopic (exact) mass is 546 g/mol. The summed E-state index contributed by atoms with van der Waals surface area (Å²) in [4.78, 5) is 30.2. The molecule has 0 saturated carbocycles. The Morgan fingerprint density at radius 2 is 2.05 bits per heavy atom. The van der Waals surface area contributed by atoms with Gasteiger partial charge in [-0.1, -0.05) is 23.7 Å². The lowest BCUT2D eigenvalue weighted by Gasteiger charge is -2.36. The number of carbonyl (C=O) groups excluding carboxylic acids is 1. The highest BCUT2D eigenvalue weighted by Gasteiger charge is 2.41. The van der Waals surface area contributed by atoms with Crippen LogP contribution in [-0.2, 0) is 10.9 Å². The molecule has 3 aliphatic rings. The Bertz CT molecular complexity index is 1380. The average Bonchev–Trinajstić information content (AvgIpc) is 3.55. The number of amides is 2. The third-order valence-electron chi connectivity index (χ3n) is 6.74. The van der Waals surface area contributed by atoms with Crippen molar-refractivity contribution < 1.29 is 27.4 Å². The molecule has 6 rings (SSSR count). The number of alkyl halides is 3. The van der Waals surface area contributed by atoms with E-state index >= 15 is 0 Å². The molecule has 2 amide bonds. The summed E-state index contributed by atoms with van der Waals surface area (Å²) in [7, 11) is 0. The number of halogens is 4. The fourth-order valence-corrected chi connectivity index (χ4v) is 5.18. The van der Waals surface area contributed by atoms with Gasteiger partial charge in [-0.2, -0.15) is 18.2 Å². The topological polar surface area (TPSA) is 92.7 Å². The highest BCUT2D eigenvalue weighted by atomic mass is 35.5.